The molecular formula is C30H36Cl2N4O13. The van der Waals surface area contributed by atoms with Gasteiger partial charge in [0, 0.05) is 60.3 Å². The molecule has 0 spiro atoms. The Hall–Kier alpha value is -3.94. The number of ketones is 3. The zero-order chi connectivity index (χ0) is 35.7. The van der Waals surface area contributed by atoms with Crippen LogP contribution in [0.4, 0.5) is 4.79 Å². The maximum absolute atomic E-state index is 13.6. The van der Waals surface area contributed by atoms with Gasteiger partial charge < -0.3 is 45.5 Å². The highest BCUT2D eigenvalue weighted by atomic mass is 35.5. The zero-order valence-electron chi connectivity index (χ0n) is 26.4. The van der Waals surface area contributed by atoms with E-state index < -0.39 is 102 Å². The third kappa shape index (κ3) is 7.34. The molecule has 1 saturated heterocycles. The molecule has 0 unspecified atom stereocenters. The number of rotatable bonds is 7. The Kier molecular flexibility index (Phi) is 12.7. The first-order valence-electron chi connectivity index (χ1n) is 14.7. The van der Waals surface area contributed by atoms with Crippen molar-refractivity contribution in [2.24, 2.45) is 11.0 Å². The lowest BCUT2D eigenvalue weighted by Gasteiger charge is -2.42. The number of aliphatic hydroxyl groups is 3. The number of urea groups is 1. The molecule has 0 radical (unpaired) electrons. The van der Waals surface area contributed by atoms with E-state index in [1.54, 1.807) is 19.3 Å². The molecule has 19 heteroatoms. The average molecular weight is 732 g/mol. The number of amides is 2. The van der Waals surface area contributed by atoms with E-state index >= 15 is 0 Å². The molecule has 1 fully saturated rings. The van der Waals surface area contributed by atoms with Crippen LogP contribution in [0.15, 0.2) is 23.5 Å². The summed E-state index contributed by atoms with van der Waals surface area (Å²) in [6, 6.07) is 2.92. The molecule has 2 aromatic rings. The molecular weight excluding hydrogens is 695 g/mol. The molecule has 2 amide bonds. The fraction of sp³-hybridized carbons (Fsp3) is 0.467. The predicted molar refractivity (Wildman–Crippen MR) is 172 cm³/mol. The molecule has 49 heavy (non-hydrogen) atoms. The number of hydrogen-bond acceptors (Lipinski definition) is 15. The van der Waals surface area contributed by atoms with Gasteiger partial charge in [-0.05, 0) is 19.9 Å². The van der Waals surface area contributed by atoms with Crippen molar-refractivity contribution in [3.8, 4) is 17.2 Å². The maximum Gasteiger partial charge on any atom is 0.354 e. The smallest absolute Gasteiger partial charge is 0.354 e. The molecule has 268 valence electrons. The van der Waals surface area contributed by atoms with Crippen LogP contribution in [0, 0.1) is 4.91 Å². The number of phenols is 2. The second kappa shape index (κ2) is 15.7. The number of carbonyl (C=O) groups is 4. The highest BCUT2D eigenvalue weighted by molar-refractivity contribution is 6.31. The first kappa shape index (κ1) is 39.5. The molecule has 0 bridgehead atoms. The summed E-state index contributed by atoms with van der Waals surface area (Å²) in [5.41, 5.74) is 3.99. The Morgan fingerprint density at radius 2 is 1.84 bits per heavy atom. The van der Waals surface area contributed by atoms with Gasteiger partial charge in [0.05, 0.1) is 47.4 Å². The molecule has 6 atom stereocenters. The van der Waals surface area contributed by atoms with Crippen LogP contribution in [0.1, 0.15) is 75.8 Å². The number of Topliss-reactive ketones (excluding diaryl/α,β-unsaturated/α-hetero) is 1. The minimum Gasteiger partial charge on any atom is -0.507 e. The van der Waals surface area contributed by atoms with Crippen LogP contribution in [0.5, 0.6) is 17.2 Å². The number of nitrogens with two attached hydrogens (primary N) is 1. The van der Waals surface area contributed by atoms with Crippen molar-refractivity contribution in [1.82, 2.24) is 9.84 Å². The van der Waals surface area contributed by atoms with Gasteiger partial charge in [-0.3, -0.25) is 14.4 Å². The van der Waals surface area contributed by atoms with Crippen LogP contribution in [0.25, 0.3) is 0 Å². The van der Waals surface area contributed by atoms with E-state index in [2.05, 4.69) is 5.29 Å². The van der Waals surface area contributed by atoms with Crippen molar-refractivity contribution in [2.75, 3.05) is 20.3 Å². The average Bonchev–Trinajstić information content (AvgIpc) is 3.06. The van der Waals surface area contributed by atoms with Crippen LogP contribution < -0.4 is 15.9 Å². The third-order valence-corrected chi connectivity index (χ3v) is 8.84. The third-order valence-electron chi connectivity index (χ3n) is 8.44. The van der Waals surface area contributed by atoms with Gasteiger partial charge in [-0.2, -0.15) is 5.43 Å². The van der Waals surface area contributed by atoms with E-state index in [1.807, 2.05) is 0 Å². The van der Waals surface area contributed by atoms with E-state index in [9.17, 15) is 49.6 Å². The molecule has 5 rings (SSSR count). The van der Waals surface area contributed by atoms with E-state index in [0.29, 0.717) is 6.54 Å². The fourth-order valence-corrected chi connectivity index (χ4v) is 6.02. The molecule has 17 nitrogen and oxygen atoms in total. The molecule has 2 aliphatic carbocycles. The minimum absolute atomic E-state index is 0. The Labute approximate surface area is 290 Å². The maximum atomic E-state index is 13.6. The van der Waals surface area contributed by atoms with Crippen molar-refractivity contribution < 1.29 is 58.9 Å². The number of halogens is 2. The Bertz CT molecular complexity index is 1630. The Balaban J connectivity index is 0.000000574. The zero-order valence-corrected chi connectivity index (χ0v) is 28.0. The second-order valence-corrected chi connectivity index (χ2v) is 11.8. The summed E-state index contributed by atoms with van der Waals surface area (Å²) in [7, 11) is 1.32. The number of fused-ring (bicyclic) bond motifs is 3. The van der Waals surface area contributed by atoms with E-state index in [4.69, 9.17) is 31.7 Å². The van der Waals surface area contributed by atoms with Crippen molar-refractivity contribution in [3.63, 3.8) is 0 Å². The highest BCUT2D eigenvalue weighted by Crippen LogP contribution is 2.52. The van der Waals surface area contributed by atoms with E-state index in [-0.39, 0.29) is 46.8 Å². The summed E-state index contributed by atoms with van der Waals surface area (Å²) in [5.74, 6) is -3.77. The van der Waals surface area contributed by atoms with Gasteiger partial charge >= 0.3 is 6.03 Å². The summed E-state index contributed by atoms with van der Waals surface area (Å²) in [5, 5.41) is 55.8. The number of benzene rings is 2. The second-order valence-electron chi connectivity index (χ2n) is 11.3. The van der Waals surface area contributed by atoms with Gasteiger partial charge in [-0.15, -0.1) is 17.3 Å². The first-order valence-corrected chi connectivity index (χ1v) is 15.0. The number of carbonyl (C=O) groups excluding carboxylic acids is 4. The molecule has 3 aliphatic rings. The predicted octanol–water partition coefficient (Wildman–Crippen LogP) is 1.28. The lowest BCUT2D eigenvalue weighted by molar-refractivity contribution is -0.247. The van der Waals surface area contributed by atoms with E-state index in [1.165, 1.54) is 25.3 Å². The first-order chi connectivity index (χ1) is 22.6. The summed E-state index contributed by atoms with van der Waals surface area (Å²) in [6.45, 7) is 2.55. The van der Waals surface area contributed by atoms with Gasteiger partial charge in [0.15, 0.2) is 17.9 Å². The van der Waals surface area contributed by atoms with Crippen LogP contribution in [-0.4, -0.2) is 104 Å². The van der Waals surface area contributed by atoms with Gasteiger partial charge in [0.25, 0.3) is 0 Å². The number of aromatic hydroxyl groups is 2. The lowest BCUT2D eigenvalue weighted by atomic mass is 9.72. The van der Waals surface area contributed by atoms with Crippen LogP contribution in [0.3, 0.4) is 0 Å². The molecule has 1 aliphatic heterocycles. The summed E-state index contributed by atoms with van der Waals surface area (Å²) in [4.78, 5) is 59.5. The van der Waals surface area contributed by atoms with Gasteiger partial charge in [-0.25, -0.2) is 9.21 Å². The fourth-order valence-electron chi connectivity index (χ4n) is 5.99. The Morgan fingerprint density at radius 3 is 2.41 bits per heavy atom. The van der Waals surface area contributed by atoms with Crippen molar-refractivity contribution in [1.29, 1.82) is 0 Å². The molecule has 0 aromatic heterocycles. The van der Waals surface area contributed by atoms with E-state index in [0.717, 1.165) is 4.42 Å². The highest BCUT2D eigenvalue weighted by Gasteiger charge is 2.50. The number of hydrogen-bond donors (Lipinski definition) is 7. The number of methoxy groups -OCH3 is 1. The SMILES string of the molecule is CCN(Cl)C(=O)NN=O.COc1cccc2c1C(=O)c1c(O)c3c(c(O)c1C2=O)C[C@@](O)(C(=O)CO)C[C@@H]3O[C@H]1C[C@H](N)[C@H](O)[C@H](C)O1.Cl. The number of phenolic OH excluding ortho intramolecular Hbond substituents is 2. The quantitative estimate of drug-likeness (QED) is 0.0781. The number of ether oxygens (including phenoxy) is 3. The van der Waals surface area contributed by atoms with Gasteiger partial charge in [0.2, 0.25) is 5.78 Å². The minimum atomic E-state index is -2.24. The summed E-state index contributed by atoms with van der Waals surface area (Å²) in [6.07, 6.45) is -5.12. The number of nitrogens with zero attached hydrogens (tertiary/aromatic N) is 2. The topological polar surface area (TPSA) is 268 Å². The summed E-state index contributed by atoms with van der Waals surface area (Å²) < 4.78 is 17.8. The van der Waals surface area contributed by atoms with Crippen molar-refractivity contribution >= 4 is 47.6 Å². The molecule has 1 heterocycles. The number of nitroso groups, excluding NO2 is 1. The largest absolute Gasteiger partial charge is 0.507 e. The van der Waals surface area contributed by atoms with Gasteiger partial charge in [0.1, 0.15) is 29.5 Å². The van der Waals surface area contributed by atoms with Crippen LogP contribution in [0.2, 0.25) is 0 Å². The van der Waals surface area contributed by atoms with Crippen LogP contribution >= 0.6 is 24.2 Å². The molecule has 2 aromatic carbocycles. The molecule has 8 N–H and O–H groups in total. The van der Waals surface area contributed by atoms with Crippen LogP contribution in [-0.2, 0) is 20.7 Å². The molecule has 0 saturated carbocycles. The van der Waals surface area contributed by atoms with Crippen molar-refractivity contribution in [2.45, 2.75) is 69.4 Å². The Morgan fingerprint density at radius 1 is 1.18 bits per heavy atom. The standard InChI is InChI=1S/C27H29NO11.C3H6ClN3O2.ClH/c1-10-22(31)13(28)6-17(38-10)39-15-8-27(36,16(30)9-29)7-12-19(15)26(35)21-20(24(12)33)23(32)11-4-3-5-14(37-2)18(11)25(21)34;1-2-7(4)3(8)5-6-9;/h3-5,10,13,15,17,22,29,31,33,35-36H,6-9,28H2,1-2H3;2H2,1H3,(H,5,8,9);1H/t10-,13-,15-,17-,22+,27-;;/m0../s1. The van der Waals surface area contributed by atoms with Crippen molar-refractivity contribution in [3.05, 3.63) is 56.5 Å². The lowest BCUT2D eigenvalue weighted by Crippen LogP contribution is -2.53. The van der Waals surface area contributed by atoms with Gasteiger partial charge in [-0.1, -0.05) is 12.1 Å². The monoisotopic (exact) mass is 730 g/mol. The summed E-state index contributed by atoms with van der Waals surface area (Å²) >= 11 is 5.22. The normalized spacial score (nSPS) is 25.3. The number of nitrogens with one attached hydrogen (secondary N) is 1. The number of aliphatic hydroxyl groups excluding tert-OH is 2.